The number of aliphatic imine (C=N–C) groups is 1. The maximum Gasteiger partial charge on any atom is 0.120 e. The molecule has 1 unspecified atom stereocenters. The third-order valence-electron chi connectivity index (χ3n) is 4.66. The van der Waals surface area contributed by atoms with Gasteiger partial charge in [-0.1, -0.05) is 6.07 Å². The molecule has 0 fully saturated rings. The number of aryl methyl sites for hydroxylation is 2. The second kappa shape index (κ2) is 9.24. The Morgan fingerprint density at radius 2 is 1.79 bits per heavy atom. The lowest BCUT2D eigenvalue weighted by molar-refractivity contribution is 0.413. The maximum absolute atomic E-state index is 13.9. The van der Waals surface area contributed by atoms with Gasteiger partial charge in [-0.05, 0) is 76.1 Å². The van der Waals surface area contributed by atoms with Crippen molar-refractivity contribution in [1.29, 1.82) is 0 Å². The summed E-state index contributed by atoms with van der Waals surface area (Å²) in [4.78, 5) is 7.26. The highest BCUT2D eigenvalue weighted by Crippen LogP contribution is 2.32. The van der Waals surface area contributed by atoms with E-state index in [-0.39, 0.29) is 5.25 Å². The summed E-state index contributed by atoms with van der Waals surface area (Å²) in [5.74, 6) is 0.679. The molecule has 0 aliphatic heterocycles. The molecule has 0 heterocycles. The number of benzene rings is 2. The van der Waals surface area contributed by atoms with E-state index in [1.54, 1.807) is 7.11 Å². The Morgan fingerprint density at radius 3 is 2.39 bits per heavy atom. The highest BCUT2D eigenvalue weighted by Gasteiger charge is 2.19. The van der Waals surface area contributed by atoms with E-state index >= 15 is 0 Å². The minimum atomic E-state index is -2.65. The predicted molar refractivity (Wildman–Crippen MR) is 119 cm³/mol. The predicted octanol–water partition coefficient (Wildman–Crippen LogP) is 5.49. The molecule has 0 spiro atoms. The van der Waals surface area contributed by atoms with Gasteiger partial charge in [0.25, 0.3) is 0 Å². The number of hydrogen-bond acceptors (Lipinski definition) is 4. The van der Waals surface area contributed by atoms with E-state index in [9.17, 15) is 4.21 Å². The Labute approximate surface area is 169 Å². The Balaban J connectivity index is 2.57. The quantitative estimate of drug-likeness (QED) is 0.455. The van der Waals surface area contributed by atoms with E-state index in [4.69, 9.17) is 9.10 Å². The van der Waals surface area contributed by atoms with Crippen LogP contribution in [0.4, 0.5) is 11.4 Å². The van der Waals surface area contributed by atoms with Crippen LogP contribution in [0.15, 0.2) is 50.6 Å². The lowest BCUT2D eigenvalue weighted by Crippen LogP contribution is -2.14. The van der Waals surface area contributed by atoms with Crippen LogP contribution in [0.5, 0.6) is 5.75 Å². The minimum absolute atomic E-state index is 0.143. The zero-order valence-corrected chi connectivity index (χ0v) is 18.7. The Kier molecular flexibility index (Phi) is 7.24. The number of rotatable bonds is 7. The molecule has 0 aromatic heterocycles. The van der Waals surface area contributed by atoms with Gasteiger partial charge in [-0.2, -0.15) is 4.36 Å². The Hall–Kier alpha value is -2.34. The SMILES string of the molecule is CCN(C)C=Nc1cc(C)c(N=S(=O)(c2cccc(OC)c2)C(C)C)cc1C. The van der Waals surface area contributed by atoms with Gasteiger partial charge >= 0.3 is 0 Å². The summed E-state index contributed by atoms with van der Waals surface area (Å²) in [5.41, 5.74) is 3.59. The average molecular weight is 402 g/mol. The van der Waals surface area contributed by atoms with Crippen molar-refractivity contribution in [2.45, 2.75) is 44.8 Å². The van der Waals surface area contributed by atoms with Crippen molar-refractivity contribution in [2.75, 3.05) is 20.7 Å². The standard InChI is InChI=1S/C22H31N3O2S/c1-8-25(6)15-23-21-12-18(5)22(13-17(21)4)24-28(26,16(2)3)20-11-9-10-19(14-20)27-7/h9-16H,8H2,1-7H3. The van der Waals surface area contributed by atoms with Crippen molar-refractivity contribution in [1.82, 2.24) is 4.90 Å². The molecule has 0 bridgehead atoms. The van der Waals surface area contributed by atoms with E-state index in [1.807, 2.05) is 82.4 Å². The molecule has 0 saturated heterocycles. The highest BCUT2D eigenvalue weighted by molar-refractivity contribution is 7.94. The summed E-state index contributed by atoms with van der Waals surface area (Å²) in [6, 6.07) is 11.3. The van der Waals surface area contributed by atoms with Crippen LogP contribution in [0.1, 0.15) is 31.9 Å². The second-order valence-electron chi connectivity index (χ2n) is 7.13. The van der Waals surface area contributed by atoms with E-state index in [1.165, 1.54) is 0 Å². The fourth-order valence-corrected chi connectivity index (χ4v) is 4.53. The van der Waals surface area contributed by atoms with Gasteiger partial charge in [-0.3, -0.25) is 0 Å². The van der Waals surface area contributed by atoms with Crippen LogP contribution >= 0.6 is 0 Å². The van der Waals surface area contributed by atoms with Gasteiger partial charge in [0.15, 0.2) is 0 Å². The summed E-state index contributed by atoms with van der Waals surface area (Å²) in [6.07, 6.45) is 1.83. The van der Waals surface area contributed by atoms with Gasteiger partial charge in [-0.15, -0.1) is 0 Å². The molecule has 5 nitrogen and oxygen atoms in total. The highest BCUT2D eigenvalue weighted by atomic mass is 32.2. The molecule has 2 aromatic carbocycles. The summed E-state index contributed by atoms with van der Waals surface area (Å²) in [7, 11) is 0.941. The van der Waals surface area contributed by atoms with Crippen molar-refractivity contribution in [3.8, 4) is 5.75 Å². The van der Waals surface area contributed by atoms with Gasteiger partial charge in [-0.25, -0.2) is 9.20 Å². The molecular formula is C22H31N3O2S. The Bertz CT molecular complexity index is 974. The molecule has 0 radical (unpaired) electrons. The molecule has 0 saturated carbocycles. The smallest absolute Gasteiger partial charge is 0.120 e. The van der Waals surface area contributed by atoms with Crippen LogP contribution in [0.3, 0.4) is 0 Å². The van der Waals surface area contributed by atoms with Crippen molar-refractivity contribution in [2.24, 2.45) is 9.36 Å². The van der Waals surface area contributed by atoms with E-state index < -0.39 is 9.73 Å². The molecule has 0 aliphatic rings. The van der Waals surface area contributed by atoms with E-state index in [0.29, 0.717) is 10.6 Å². The second-order valence-corrected chi connectivity index (χ2v) is 9.86. The van der Waals surface area contributed by atoms with Gasteiger partial charge in [0.1, 0.15) is 5.75 Å². The van der Waals surface area contributed by atoms with Crippen LogP contribution in [-0.4, -0.2) is 41.4 Å². The normalized spacial score (nSPS) is 13.6. The van der Waals surface area contributed by atoms with Gasteiger partial charge in [0, 0.05) is 18.8 Å². The fraction of sp³-hybridized carbons (Fsp3) is 0.409. The number of ether oxygens (including phenoxy) is 1. The van der Waals surface area contributed by atoms with E-state index in [0.717, 1.165) is 29.0 Å². The van der Waals surface area contributed by atoms with Crippen LogP contribution in [0.25, 0.3) is 0 Å². The number of nitrogens with zero attached hydrogens (tertiary/aromatic N) is 3. The molecule has 28 heavy (non-hydrogen) atoms. The largest absolute Gasteiger partial charge is 0.497 e. The monoisotopic (exact) mass is 401 g/mol. The van der Waals surface area contributed by atoms with Crippen LogP contribution < -0.4 is 4.74 Å². The molecule has 0 aliphatic carbocycles. The van der Waals surface area contributed by atoms with Crippen molar-refractivity contribution in [3.05, 3.63) is 47.5 Å². The molecule has 6 heteroatoms. The zero-order valence-electron chi connectivity index (χ0n) is 17.9. The van der Waals surface area contributed by atoms with Crippen LogP contribution in [0.2, 0.25) is 0 Å². The Morgan fingerprint density at radius 1 is 1.14 bits per heavy atom. The zero-order chi connectivity index (χ0) is 20.9. The van der Waals surface area contributed by atoms with E-state index in [2.05, 4.69) is 11.9 Å². The van der Waals surface area contributed by atoms with Crippen LogP contribution in [0, 0.1) is 13.8 Å². The fourth-order valence-electron chi connectivity index (χ4n) is 2.63. The third-order valence-corrected chi connectivity index (χ3v) is 7.33. The van der Waals surface area contributed by atoms with Gasteiger partial charge in [0.05, 0.1) is 39.4 Å². The maximum atomic E-state index is 13.9. The molecule has 2 rings (SSSR count). The summed E-state index contributed by atoms with van der Waals surface area (Å²) < 4.78 is 23.9. The first-order valence-corrected chi connectivity index (χ1v) is 11.0. The van der Waals surface area contributed by atoms with Gasteiger partial charge in [0.2, 0.25) is 0 Å². The molecule has 0 amide bonds. The molecule has 0 N–H and O–H groups in total. The number of methoxy groups -OCH3 is 1. The first-order valence-electron chi connectivity index (χ1n) is 9.47. The first kappa shape index (κ1) is 22.0. The molecular weight excluding hydrogens is 370 g/mol. The van der Waals surface area contributed by atoms with Crippen LogP contribution in [-0.2, 0) is 9.73 Å². The molecule has 1 atom stereocenters. The number of hydrogen-bond donors (Lipinski definition) is 0. The van der Waals surface area contributed by atoms with Crippen molar-refractivity contribution < 1.29 is 8.95 Å². The topological polar surface area (TPSA) is 54.3 Å². The first-order chi connectivity index (χ1) is 13.2. The minimum Gasteiger partial charge on any atom is -0.497 e. The molecule has 2 aromatic rings. The van der Waals surface area contributed by atoms with Gasteiger partial charge < -0.3 is 9.64 Å². The summed E-state index contributed by atoms with van der Waals surface area (Å²) in [5, 5.41) is -0.143. The third kappa shape index (κ3) is 4.93. The molecule has 152 valence electrons. The average Bonchev–Trinajstić information content (AvgIpc) is 2.68. The van der Waals surface area contributed by atoms with Crippen molar-refractivity contribution in [3.63, 3.8) is 0 Å². The lowest BCUT2D eigenvalue weighted by atomic mass is 10.1. The summed E-state index contributed by atoms with van der Waals surface area (Å²) >= 11 is 0. The lowest BCUT2D eigenvalue weighted by Gasteiger charge is -2.16. The summed E-state index contributed by atoms with van der Waals surface area (Å²) in [6.45, 7) is 10.8. The van der Waals surface area contributed by atoms with Crippen molar-refractivity contribution >= 4 is 27.4 Å².